The van der Waals surface area contributed by atoms with E-state index in [-0.39, 0.29) is 11.8 Å². The van der Waals surface area contributed by atoms with Crippen LogP contribution >= 0.6 is 11.3 Å². The Morgan fingerprint density at radius 2 is 1.83 bits per heavy atom. The van der Waals surface area contributed by atoms with Gasteiger partial charge in [0, 0.05) is 28.2 Å². The SMILES string of the molecule is CCc1ccc(C2CC(=O)Nc3c(-c4ccccc4)csc32)cc1. The van der Waals surface area contributed by atoms with E-state index in [1.165, 1.54) is 16.0 Å². The highest BCUT2D eigenvalue weighted by Crippen LogP contribution is 2.46. The van der Waals surface area contributed by atoms with Gasteiger partial charge in [0.05, 0.1) is 5.69 Å². The zero-order valence-electron chi connectivity index (χ0n) is 13.6. The average molecular weight is 333 g/mol. The summed E-state index contributed by atoms with van der Waals surface area (Å²) in [6, 6.07) is 19.0. The number of carbonyl (C=O) groups is 1. The molecule has 0 spiro atoms. The number of benzene rings is 2. The van der Waals surface area contributed by atoms with Gasteiger partial charge in [-0.2, -0.15) is 0 Å². The van der Waals surface area contributed by atoms with Gasteiger partial charge in [-0.15, -0.1) is 11.3 Å². The van der Waals surface area contributed by atoms with Gasteiger partial charge in [-0.25, -0.2) is 0 Å². The number of hydrogen-bond acceptors (Lipinski definition) is 2. The van der Waals surface area contributed by atoms with E-state index in [2.05, 4.69) is 54.0 Å². The third kappa shape index (κ3) is 2.65. The Morgan fingerprint density at radius 1 is 1.08 bits per heavy atom. The highest BCUT2D eigenvalue weighted by Gasteiger charge is 2.30. The van der Waals surface area contributed by atoms with Crippen molar-refractivity contribution in [2.24, 2.45) is 0 Å². The molecule has 3 heteroatoms. The van der Waals surface area contributed by atoms with E-state index in [1.807, 2.05) is 18.2 Å². The van der Waals surface area contributed by atoms with Crippen molar-refractivity contribution in [2.45, 2.75) is 25.7 Å². The summed E-state index contributed by atoms with van der Waals surface area (Å²) in [6.07, 6.45) is 1.56. The van der Waals surface area contributed by atoms with Gasteiger partial charge < -0.3 is 5.32 Å². The number of anilines is 1. The van der Waals surface area contributed by atoms with Crippen LogP contribution in [0.5, 0.6) is 0 Å². The molecule has 1 aromatic heterocycles. The third-order valence-corrected chi connectivity index (χ3v) is 5.76. The Bertz CT molecular complexity index is 865. The number of amides is 1. The van der Waals surface area contributed by atoms with E-state index >= 15 is 0 Å². The van der Waals surface area contributed by atoms with Crippen molar-refractivity contribution in [1.82, 2.24) is 0 Å². The third-order valence-electron chi connectivity index (χ3n) is 4.67. The van der Waals surface area contributed by atoms with Crippen LogP contribution in [0, 0.1) is 0 Å². The minimum atomic E-state index is 0.0997. The van der Waals surface area contributed by atoms with Gasteiger partial charge in [0.1, 0.15) is 0 Å². The van der Waals surface area contributed by atoms with E-state index in [1.54, 1.807) is 11.3 Å². The molecule has 1 unspecified atom stereocenters. The number of fused-ring (bicyclic) bond motifs is 1. The molecular weight excluding hydrogens is 314 g/mol. The van der Waals surface area contributed by atoms with Crippen molar-refractivity contribution in [3.8, 4) is 11.1 Å². The molecule has 2 aromatic carbocycles. The quantitative estimate of drug-likeness (QED) is 0.678. The number of nitrogens with one attached hydrogen (secondary N) is 1. The molecule has 4 rings (SSSR count). The number of aryl methyl sites for hydroxylation is 1. The molecule has 2 heterocycles. The standard InChI is InChI=1S/C21H19NOS/c1-2-14-8-10-16(11-9-14)17-12-19(23)22-20-18(13-24-21(17)20)15-6-4-3-5-7-15/h3-11,13,17H,2,12H2,1H3,(H,22,23). The highest BCUT2D eigenvalue weighted by molar-refractivity contribution is 7.11. The molecule has 24 heavy (non-hydrogen) atoms. The second kappa shape index (κ2) is 6.25. The van der Waals surface area contributed by atoms with E-state index in [0.717, 1.165) is 23.2 Å². The lowest BCUT2D eigenvalue weighted by Gasteiger charge is -2.24. The number of hydrogen-bond donors (Lipinski definition) is 1. The summed E-state index contributed by atoms with van der Waals surface area (Å²) in [7, 11) is 0. The normalized spacial score (nSPS) is 16.5. The molecule has 1 aliphatic heterocycles. The largest absolute Gasteiger partial charge is 0.325 e. The first-order valence-electron chi connectivity index (χ1n) is 8.31. The molecule has 0 saturated carbocycles. The van der Waals surface area contributed by atoms with Crippen molar-refractivity contribution in [3.63, 3.8) is 0 Å². The first-order valence-corrected chi connectivity index (χ1v) is 9.19. The summed E-state index contributed by atoms with van der Waals surface area (Å²) in [5, 5.41) is 5.27. The second-order valence-corrected chi connectivity index (χ2v) is 7.07. The molecule has 0 saturated heterocycles. The molecule has 3 aromatic rings. The first kappa shape index (κ1) is 15.2. The average Bonchev–Trinajstić information content (AvgIpc) is 3.05. The molecule has 0 bridgehead atoms. The Balaban J connectivity index is 1.78. The van der Waals surface area contributed by atoms with Gasteiger partial charge in [-0.3, -0.25) is 4.79 Å². The summed E-state index contributed by atoms with van der Waals surface area (Å²) in [6.45, 7) is 2.16. The van der Waals surface area contributed by atoms with Crippen molar-refractivity contribution in [1.29, 1.82) is 0 Å². The molecule has 1 N–H and O–H groups in total. The highest BCUT2D eigenvalue weighted by atomic mass is 32.1. The lowest BCUT2D eigenvalue weighted by Crippen LogP contribution is -2.22. The first-order chi connectivity index (χ1) is 11.8. The van der Waals surface area contributed by atoms with E-state index in [0.29, 0.717) is 6.42 Å². The number of rotatable bonds is 3. The van der Waals surface area contributed by atoms with Crippen LogP contribution in [0.15, 0.2) is 60.0 Å². The van der Waals surface area contributed by atoms with Crippen molar-refractivity contribution >= 4 is 22.9 Å². The molecule has 1 atom stereocenters. The predicted molar refractivity (Wildman–Crippen MR) is 101 cm³/mol. The molecule has 1 aliphatic rings. The van der Waals surface area contributed by atoms with Gasteiger partial charge >= 0.3 is 0 Å². The summed E-state index contributed by atoms with van der Waals surface area (Å²) < 4.78 is 0. The van der Waals surface area contributed by atoms with Crippen LogP contribution in [0.4, 0.5) is 5.69 Å². The van der Waals surface area contributed by atoms with Crippen LogP contribution in [0.25, 0.3) is 11.1 Å². The molecular formula is C21H19NOS. The number of carbonyl (C=O) groups excluding carboxylic acids is 1. The Labute approximate surface area is 146 Å². The maximum Gasteiger partial charge on any atom is 0.225 e. The van der Waals surface area contributed by atoms with Gasteiger partial charge in [-0.1, -0.05) is 61.5 Å². The monoisotopic (exact) mass is 333 g/mol. The molecule has 120 valence electrons. The van der Waals surface area contributed by atoms with Crippen LogP contribution in [-0.2, 0) is 11.2 Å². The molecule has 2 nitrogen and oxygen atoms in total. The Morgan fingerprint density at radius 3 is 2.54 bits per heavy atom. The topological polar surface area (TPSA) is 29.1 Å². The van der Waals surface area contributed by atoms with Crippen molar-refractivity contribution in [3.05, 3.63) is 76.0 Å². The fourth-order valence-electron chi connectivity index (χ4n) is 3.31. The molecule has 0 radical (unpaired) electrons. The van der Waals surface area contributed by atoms with Gasteiger partial charge in [0.25, 0.3) is 0 Å². The van der Waals surface area contributed by atoms with E-state index in [9.17, 15) is 4.79 Å². The fourth-order valence-corrected chi connectivity index (χ4v) is 4.47. The minimum Gasteiger partial charge on any atom is -0.325 e. The van der Waals surface area contributed by atoms with Crippen LogP contribution in [0.1, 0.15) is 35.3 Å². The zero-order chi connectivity index (χ0) is 16.5. The zero-order valence-corrected chi connectivity index (χ0v) is 14.4. The molecule has 0 fully saturated rings. The van der Waals surface area contributed by atoms with E-state index < -0.39 is 0 Å². The lowest BCUT2D eigenvalue weighted by molar-refractivity contribution is -0.116. The Hall–Kier alpha value is -2.39. The lowest BCUT2D eigenvalue weighted by atomic mass is 9.88. The van der Waals surface area contributed by atoms with Crippen LogP contribution in [0.2, 0.25) is 0 Å². The molecule has 1 amide bonds. The smallest absolute Gasteiger partial charge is 0.225 e. The summed E-state index contributed by atoms with van der Waals surface area (Å²) in [5.74, 6) is 0.254. The Kier molecular flexibility index (Phi) is 3.95. The minimum absolute atomic E-state index is 0.0997. The maximum atomic E-state index is 12.3. The second-order valence-electron chi connectivity index (χ2n) is 6.15. The summed E-state index contributed by atoms with van der Waals surface area (Å²) >= 11 is 1.75. The van der Waals surface area contributed by atoms with Gasteiger partial charge in [0.2, 0.25) is 5.91 Å². The fraction of sp³-hybridized carbons (Fsp3) is 0.190. The molecule has 0 aliphatic carbocycles. The van der Waals surface area contributed by atoms with Crippen LogP contribution in [-0.4, -0.2) is 5.91 Å². The van der Waals surface area contributed by atoms with Crippen molar-refractivity contribution in [2.75, 3.05) is 5.32 Å². The van der Waals surface area contributed by atoms with Crippen molar-refractivity contribution < 1.29 is 4.79 Å². The number of thiophene rings is 1. The summed E-state index contributed by atoms with van der Waals surface area (Å²) in [4.78, 5) is 13.6. The predicted octanol–water partition coefficient (Wildman–Crippen LogP) is 5.45. The van der Waals surface area contributed by atoms with E-state index in [4.69, 9.17) is 0 Å². The van der Waals surface area contributed by atoms with Crippen LogP contribution < -0.4 is 5.32 Å². The summed E-state index contributed by atoms with van der Waals surface area (Å²) in [5.41, 5.74) is 5.82. The van der Waals surface area contributed by atoms with Gasteiger partial charge in [0.15, 0.2) is 0 Å². The maximum absolute atomic E-state index is 12.3. The van der Waals surface area contributed by atoms with Gasteiger partial charge in [-0.05, 0) is 23.1 Å². The van der Waals surface area contributed by atoms with Crippen LogP contribution in [0.3, 0.4) is 0 Å².